The fourth-order valence-corrected chi connectivity index (χ4v) is 7.79. The quantitative estimate of drug-likeness (QED) is 0.204. The van der Waals surface area contributed by atoms with Crippen molar-refractivity contribution >= 4 is 63.4 Å². The molecule has 41 heavy (non-hydrogen) atoms. The molecule has 0 saturated carbocycles. The number of hydrogen-bond donors (Lipinski definition) is 1. The summed E-state index contributed by atoms with van der Waals surface area (Å²) < 4.78 is 2.71. The van der Waals surface area contributed by atoms with Crippen molar-refractivity contribution in [2.24, 2.45) is 0 Å². The Kier molecular flexibility index (Phi) is 6.45. The number of rotatable bonds is 4. The molecule has 0 saturated heterocycles. The van der Waals surface area contributed by atoms with E-state index in [1.54, 1.807) is 0 Å². The third-order valence-electron chi connectivity index (χ3n) is 7.53. The zero-order chi connectivity index (χ0) is 28.1. The van der Waals surface area contributed by atoms with Gasteiger partial charge in [0.15, 0.2) is 0 Å². The van der Waals surface area contributed by atoms with Crippen LogP contribution in [0.1, 0.15) is 19.4 Å². The van der Waals surface area contributed by atoms with E-state index in [-0.39, 0.29) is 15.0 Å². The minimum absolute atomic E-state index is 0.226. The molecule has 1 aliphatic rings. The van der Waals surface area contributed by atoms with Gasteiger partial charge in [0.1, 0.15) is 0 Å². The number of benzene rings is 5. The minimum atomic E-state index is -0.906. The molecule has 0 unspecified atom stereocenters. The van der Waals surface area contributed by atoms with Gasteiger partial charge in [0.05, 0.1) is 0 Å². The standard InChI is InChI=1S/C36H27ClN2OSe/c1-36(2,40)25-18-14-23(15-19-25)28-22-29(24-16-20-26(37)21-17-24)38-35-27(28)8-7-11-32(35)39-30-9-3-5-12-33(30)41-34-13-6-4-10-31(34)39/h3-22,40H,1-2H3. The van der Waals surface area contributed by atoms with E-state index in [0.717, 1.165) is 44.5 Å². The number of halogens is 1. The van der Waals surface area contributed by atoms with Gasteiger partial charge in [0.2, 0.25) is 0 Å². The molecule has 200 valence electrons. The van der Waals surface area contributed by atoms with Gasteiger partial charge in [-0.2, -0.15) is 0 Å². The second kappa shape index (κ2) is 10.2. The summed E-state index contributed by atoms with van der Waals surface area (Å²) in [7, 11) is 0. The van der Waals surface area contributed by atoms with E-state index in [2.05, 4.69) is 89.8 Å². The van der Waals surface area contributed by atoms with Gasteiger partial charge in [-0.05, 0) is 13.8 Å². The van der Waals surface area contributed by atoms with E-state index in [4.69, 9.17) is 16.6 Å². The summed E-state index contributed by atoms with van der Waals surface area (Å²) in [6.07, 6.45) is 0. The molecule has 0 radical (unpaired) electrons. The Morgan fingerprint density at radius 2 is 1.27 bits per heavy atom. The summed E-state index contributed by atoms with van der Waals surface area (Å²) in [4.78, 5) is 7.69. The van der Waals surface area contributed by atoms with Crippen molar-refractivity contribution in [3.8, 4) is 22.4 Å². The third kappa shape index (κ3) is 4.73. The average Bonchev–Trinajstić information content (AvgIpc) is 2.99. The molecule has 0 bridgehead atoms. The van der Waals surface area contributed by atoms with Crippen molar-refractivity contribution in [1.29, 1.82) is 0 Å². The number of pyridine rings is 1. The number of fused-ring (bicyclic) bond motifs is 3. The molecule has 2 heterocycles. The predicted octanol–water partition coefficient (Wildman–Crippen LogP) is 7.89. The first-order chi connectivity index (χ1) is 19.9. The first-order valence-corrected chi connectivity index (χ1v) is 15.6. The summed E-state index contributed by atoms with van der Waals surface area (Å²) >= 11 is 6.48. The zero-order valence-electron chi connectivity index (χ0n) is 22.7. The van der Waals surface area contributed by atoms with Gasteiger partial charge in [0.25, 0.3) is 0 Å². The van der Waals surface area contributed by atoms with Crippen LogP contribution in [0.4, 0.5) is 17.1 Å². The molecule has 0 fully saturated rings. The molecule has 1 N–H and O–H groups in total. The van der Waals surface area contributed by atoms with Crippen LogP contribution in [0.5, 0.6) is 0 Å². The Morgan fingerprint density at radius 3 is 1.90 bits per heavy atom. The summed E-state index contributed by atoms with van der Waals surface area (Å²) in [6, 6.07) is 42.1. The first-order valence-electron chi connectivity index (χ1n) is 13.6. The SMILES string of the molecule is CC(C)(O)c1ccc(-c2cc(-c3ccc(Cl)cc3)nc3c(N4c5ccccc5[Se]c5ccccc54)cccc23)cc1. The average molecular weight is 618 g/mol. The van der Waals surface area contributed by atoms with Crippen LogP contribution < -0.4 is 13.8 Å². The number of hydrogen-bond acceptors (Lipinski definition) is 3. The fourth-order valence-electron chi connectivity index (χ4n) is 5.44. The monoisotopic (exact) mass is 618 g/mol. The van der Waals surface area contributed by atoms with Gasteiger partial charge in [-0.25, -0.2) is 0 Å². The van der Waals surface area contributed by atoms with Gasteiger partial charge in [0, 0.05) is 0 Å². The Balaban J connectivity index is 1.51. The molecule has 6 aromatic rings. The molecule has 5 aromatic carbocycles. The normalized spacial score (nSPS) is 12.7. The van der Waals surface area contributed by atoms with Crippen molar-refractivity contribution in [1.82, 2.24) is 4.98 Å². The van der Waals surface area contributed by atoms with Crippen molar-refractivity contribution in [3.05, 3.63) is 132 Å². The maximum absolute atomic E-state index is 10.6. The van der Waals surface area contributed by atoms with Crippen molar-refractivity contribution in [2.45, 2.75) is 19.4 Å². The number of anilines is 3. The molecular formula is C36H27ClN2OSe. The van der Waals surface area contributed by atoms with E-state index in [1.807, 2.05) is 50.2 Å². The second-order valence-electron chi connectivity index (χ2n) is 10.7. The Hall–Kier alpha value is -3.92. The van der Waals surface area contributed by atoms with Crippen molar-refractivity contribution < 1.29 is 5.11 Å². The van der Waals surface area contributed by atoms with Crippen LogP contribution in [-0.4, -0.2) is 25.0 Å². The van der Waals surface area contributed by atoms with Crippen LogP contribution in [0.15, 0.2) is 121 Å². The van der Waals surface area contributed by atoms with E-state index >= 15 is 0 Å². The van der Waals surface area contributed by atoms with Crippen LogP contribution >= 0.6 is 11.6 Å². The first kappa shape index (κ1) is 26.0. The number of aromatic nitrogens is 1. The molecule has 0 aliphatic carbocycles. The van der Waals surface area contributed by atoms with Gasteiger partial charge >= 0.3 is 233 Å². The summed E-state index contributed by atoms with van der Waals surface area (Å²) in [6.45, 7) is 3.62. The van der Waals surface area contributed by atoms with Crippen LogP contribution in [-0.2, 0) is 5.60 Å². The van der Waals surface area contributed by atoms with E-state index in [0.29, 0.717) is 5.02 Å². The van der Waals surface area contributed by atoms with Crippen LogP contribution in [0.25, 0.3) is 33.3 Å². The third-order valence-corrected chi connectivity index (χ3v) is 10.2. The molecule has 3 nitrogen and oxygen atoms in total. The topological polar surface area (TPSA) is 36.4 Å². The van der Waals surface area contributed by atoms with E-state index < -0.39 is 5.60 Å². The van der Waals surface area contributed by atoms with E-state index in [1.165, 1.54) is 20.3 Å². The summed E-state index contributed by atoms with van der Waals surface area (Å²) in [5, 5.41) is 12.3. The van der Waals surface area contributed by atoms with E-state index in [9.17, 15) is 5.11 Å². The number of aliphatic hydroxyl groups is 1. The second-order valence-corrected chi connectivity index (χ2v) is 13.5. The molecule has 1 aromatic heterocycles. The van der Waals surface area contributed by atoms with Gasteiger partial charge in [-0.15, -0.1) is 0 Å². The molecule has 7 rings (SSSR count). The molecule has 0 amide bonds. The number of nitrogens with zero attached hydrogens (tertiary/aromatic N) is 2. The molecule has 1 aliphatic heterocycles. The molecular weight excluding hydrogens is 591 g/mol. The Labute approximate surface area is 251 Å². The number of para-hydroxylation sites is 3. The predicted molar refractivity (Wildman–Crippen MR) is 173 cm³/mol. The van der Waals surface area contributed by atoms with Crippen molar-refractivity contribution in [3.63, 3.8) is 0 Å². The summed E-state index contributed by atoms with van der Waals surface area (Å²) in [5.74, 6) is 0. The molecule has 5 heteroatoms. The van der Waals surface area contributed by atoms with Gasteiger partial charge in [-0.1, -0.05) is 0 Å². The van der Waals surface area contributed by atoms with Crippen LogP contribution in [0.2, 0.25) is 5.02 Å². The Bertz CT molecular complexity index is 1870. The van der Waals surface area contributed by atoms with Crippen LogP contribution in [0, 0.1) is 0 Å². The zero-order valence-corrected chi connectivity index (χ0v) is 25.1. The molecule has 0 atom stereocenters. The Morgan fingerprint density at radius 1 is 0.683 bits per heavy atom. The maximum atomic E-state index is 10.6. The fraction of sp³-hybridized carbons (Fsp3) is 0.0833. The van der Waals surface area contributed by atoms with Crippen LogP contribution in [0.3, 0.4) is 0 Å². The molecule has 0 spiro atoms. The van der Waals surface area contributed by atoms with Gasteiger partial charge < -0.3 is 5.11 Å². The van der Waals surface area contributed by atoms with Crippen molar-refractivity contribution in [2.75, 3.05) is 4.90 Å². The summed E-state index contributed by atoms with van der Waals surface area (Å²) in [5.41, 5.74) is 8.39. The van der Waals surface area contributed by atoms with Gasteiger partial charge in [-0.3, -0.25) is 0 Å².